The predicted molar refractivity (Wildman–Crippen MR) is 53.8 cm³/mol. The Bertz CT molecular complexity index is 420. The second-order valence-electron chi connectivity index (χ2n) is 3.91. The SMILES string of the molecule is CC1=CCC2=C(C1)C(=O)C(C)=CC2=O. The fourth-order valence-electron chi connectivity index (χ4n) is 1.91. The van der Waals surface area contributed by atoms with Crippen LogP contribution in [0.25, 0.3) is 0 Å². The van der Waals surface area contributed by atoms with Gasteiger partial charge >= 0.3 is 0 Å². The van der Waals surface area contributed by atoms with Gasteiger partial charge in [-0.3, -0.25) is 9.59 Å². The molecule has 0 saturated heterocycles. The molecular formula is C12H12O2. The third-order valence-corrected chi connectivity index (χ3v) is 2.75. The maximum absolute atomic E-state index is 11.7. The van der Waals surface area contributed by atoms with Crippen LogP contribution >= 0.6 is 0 Å². The Morgan fingerprint density at radius 2 is 1.86 bits per heavy atom. The zero-order valence-electron chi connectivity index (χ0n) is 8.39. The standard InChI is InChI=1S/C12H12O2/c1-7-3-4-9-10(5-7)12(14)8(2)6-11(9)13/h3,6H,4-5H2,1-2H3. The summed E-state index contributed by atoms with van der Waals surface area (Å²) in [6.45, 7) is 3.70. The summed E-state index contributed by atoms with van der Waals surface area (Å²) in [7, 11) is 0. The molecule has 0 aromatic carbocycles. The molecule has 0 saturated carbocycles. The molecule has 2 nitrogen and oxygen atoms in total. The van der Waals surface area contributed by atoms with Crippen molar-refractivity contribution in [2.75, 3.05) is 0 Å². The lowest BCUT2D eigenvalue weighted by molar-refractivity contribution is -0.116. The van der Waals surface area contributed by atoms with Crippen LogP contribution in [0.3, 0.4) is 0 Å². The maximum atomic E-state index is 11.7. The monoisotopic (exact) mass is 188 g/mol. The lowest BCUT2D eigenvalue weighted by Gasteiger charge is -2.20. The van der Waals surface area contributed by atoms with Crippen molar-refractivity contribution >= 4 is 11.6 Å². The summed E-state index contributed by atoms with van der Waals surface area (Å²) in [5, 5.41) is 0. The lowest BCUT2D eigenvalue weighted by Crippen LogP contribution is -2.20. The zero-order chi connectivity index (χ0) is 10.3. The average Bonchev–Trinajstić information content (AvgIpc) is 2.14. The first kappa shape index (κ1) is 9.13. The molecule has 72 valence electrons. The van der Waals surface area contributed by atoms with Crippen molar-refractivity contribution in [2.24, 2.45) is 0 Å². The third-order valence-electron chi connectivity index (χ3n) is 2.75. The molecule has 0 aromatic rings. The van der Waals surface area contributed by atoms with Crippen molar-refractivity contribution in [3.63, 3.8) is 0 Å². The topological polar surface area (TPSA) is 34.1 Å². The molecule has 0 N–H and O–H groups in total. The molecule has 0 heterocycles. The second kappa shape index (κ2) is 3.05. The first-order chi connectivity index (χ1) is 6.59. The summed E-state index contributed by atoms with van der Waals surface area (Å²) >= 11 is 0. The fraction of sp³-hybridized carbons (Fsp3) is 0.333. The quantitative estimate of drug-likeness (QED) is 0.431. The van der Waals surface area contributed by atoms with E-state index in [0.717, 1.165) is 5.57 Å². The molecule has 0 aliphatic heterocycles. The van der Waals surface area contributed by atoms with Crippen LogP contribution in [0.5, 0.6) is 0 Å². The van der Waals surface area contributed by atoms with E-state index in [1.54, 1.807) is 6.92 Å². The van der Waals surface area contributed by atoms with Crippen LogP contribution in [0.4, 0.5) is 0 Å². The van der Waals surface area contributed by atoms with E-state index >= 15 is 0 Å². The molecule has 2 aliphatic rings. The minimum atomic E-state index is 0.0147. The van der Waals surface area contributed by atoms with Gasteiger partial charge in [0.2, 0.25) is 0 Å². The molecule has 0 amide bonds. The van der Waals surface area contributed by atoms with Gasteiger partial charge < -0.3 is 0 Å². The summed E-state index contributed by atoms with van der Waals surface area (Å²) in [4.78, 5) is 23.3. The molecule has 0 unspecified atom stereocenters. The van der Waals surface area contributed by atoms with Crippen LogP contribution < -0.4 is 0 Å². The number of rotatable bonds is 0. The van der Waals surface area contributed by atoms with Crippen molar-refractivity contribution in [3.05, 3.63) is 34.4 Å². The number of carbonyl (C=O) groups excluding carboxylic acids is 2. The summed E-state index contributed by atoms with van der Waals surface area (Å²) in [5.74, 6) is 0.0629. The summed E-state index contributed by atoms with van der Waals surface area (Å²) < 4.78 is 0. The van der Waals surface area contributed by atoms with Crippen LogP contribution in [0.2, 0.25) is 0 Å². The highest BCUT2D eigenvalue weighted by molar-refractivity contribution is 6.22. The third kappa shape index (κ3) is 1.27. The molecule has 2 rings (SSSR count). The number of hydrogen-bond acceptors (Lipinski definition) is 2. The van der Waals surface area contributed by atoms with Gasteiger partial charge in [0.05, 0.1) is 0 Å². The number of Topliss-reactive ketones (excluding diaryl/α,β-unsaturated/α-hetero) is 1. The minimum absolute atomic E-state index is 0.0147. The Labute approximate surface area is 83.0 Å². The van der Waals surface area contributed by atoms with Crippen molar-refractivity contribution in [3.8, 4) is 0 Å². The predicted octanol–water partition coefficient (Wildman–Crippen LogP) is 2.12. The largest absolute Gasteiger partial charge is 0.290 e. The van der Waals surface area contributed by atoms with Crippen LogP contribution in [0.15, 0.2) is 34.4 Å². The minimum Gasteiger partial charge on any atom is -0.290 e. The highest BCUT2D eigenvalue weighted by Gasteiger charge is 2.27. The molecule has 0 spiro atoms. The number of carbonyl (C=O) groups is 2. The van der Waals surface area contributed by atoms with E-state index in [2.05, 4.69) is 0 Å². The molecule has 0 fully saturated rings. The van der Waals surface area contributed by atoms with Gasteiger partial charge in [-0.1, -0.05) is 11.6 Å². The van der Waals surface area contributed by atoms with Crippen LogP contribution in [-0.2, 0) is 9.59 Å². The van der Waals surface area contributed by atoms with E-state index < -0.39 is 0 Å². The van der Waals surface area contributed by atoms with E-state index in [9.17, 15) is 9.59 Å². The maximum Gasteiger partial charge on any atom is 0.185 e. The van der Waals surface area contributed by atoms with E-state index in [1.165, 1.54) is 11.6 Å². The van der Waals surface area contributed by atoms with E-state index in [0.29, 0.717) is 24.0 Å². The zero-order valence-corrected chi connectivity index (χ0v) is 8.39. The summed E-state index contributed by atoms with van der Waals surface area (Å²) in [6, 6.07) is 0. The summed E-state index contributed by atoms with van der Waals surface area (Å²) in [5.41, 5.74) is 3.17. The normalized spacial score (nSPS) is 21.9. The highest BCUT2D eigenvalue weighted by atomic mass is 16.1. The van der Waals surface area contributed by atoms with Gasteiger partial charge in [0.25, 0.3) is 0 Å². The van der Waals surface area contributed by atoms with Gasteiger partial charge in [0.15, 0.2) is 11.6 Å². The molecule has 2 heteroatoms. The van der Waals surface area contributed by atoms with E-state index in [4.69, 9.17) is 0 Å². The van der Waals surface area contributed by atoms with Crippen molar-refractivity contribution in [1.82, 2.24) is 0 Å². The Morgan fingerprint density at radius 1 is 1.14 bits per heavy atom. The Balaban J connectivity index is 2.44. The molecule has 0 radical (unpaired) electrons. The van der Waals surface area contributed by atoms with Gasteiger partial charge in [-0.2, -0.15) is 0 Å². The van der Waals surface area contributed by atoms with E-state index in [1.807, 2.05) is 13.0 Å². The Kier molecular flexibility index (Phi) is 1.99. The molecular weight excluding hydrogens is 176 g/mol. The number of hydrogen-bond donors (Lipinski definition) is 0. The van der Waals surface area contributed by atoms with E-state index in [-0.39, 0.29) is 11.6 Å². The van der Waals surface area contributed by atoms with Crippen LogP contribution in [0.1, 0.15) is 26.7 Å². The average molecular weight is 188 g/mol. The van der Waals surface area contributed by atoms with Gasteiger partial charge in [0, 0.05) is 16.7 Å². The molecule has 14 heavy (non-hydrogen) atoms. The fourth-order valence-corrected chi connectivity index (χ4v) is 1.91. The van der Waals surface area contributed by atoms with Crippen LogP contribution in [0, 0.1) is 0 Å². The molecule has 2 aliphatic carbocycles. The Morgan fingerprint density at radius 3 is 2.57 bits per heavy atom. The highest BCUT2D eigenvalue weighted by Crippen LogP contribution is 2.30. The summed E-state index contributed by atoms with van der Waals surface area (Å²) in [6.07, 6.45) is 4.74. The van der Waals surface area contributed by atoms with Crippen molar-refractivity contribution in [1.29, 1.82) is 0 Å². The van der Waals surface area contributed by atoms with Crippen molar-refractivity contribution in [2.45, 2.75) is 26.7 Å². The first-order valence-corrected chi connectivity index (χ1v) is 4.74. The van der Waals surface area contributed by atoms with Gasteiger partial charge in [-0.25, -0.2) is 0 Å². The Hall–Kier alpha value is -1.44. The molecule has 0 aromatic heterocycles. The van der Waals surface area contributed by atoms with Gasteiger partial charge in [0.1, 0.15) is 0 Å². The smallest absolute Gasteiger partial charge is 0.185 e. The first-order valence-electron chi connectivity index (χ1n) is 4.74. The van der Waals surface area contributed by atoms with Gasteiger partial charge in [-0.05, 0) is 32.8 Å². The lowest BCUT2D eigenvalue weighted by atomic mass is 9.82. The number of ketones is 2. The second-order valence-corrected chi connectivity index (χ2v) is 3.91. The van der Waals surface area contributed by atoms with Crippen LogP contribution in [-0.4, -0.2) is 11.6 Å². The molecule has 0 atom stereocenters. The molecule has 0 bridgehead atoms. The van der Waals surface area contributed by atoms with Crippen molar-refractivity contribution < 1.29 is 9.59 Å². The number of allylic oxidation sites excluding steroid dienone is 6. The van der Waals surface area contributed by atoms with Gasteiger partial charge in [-0.15, -0.1) is 0 Å².